The molecule has 2 saturated heterocycles. The Bertz CT molecular complexity index is 568. The average molecular weight is 303 g/mol. The maximum absolute atomic E-state index is 12.0. The van der Waals surface area contributed by atoms with E-state index in [9.17, 15) is 14.7 Å². The lowest BCUT2D eigenvalue weighted by atomic mass is 9.91. The average Bonchev–Trinajstić information content (AvgIpc) is 2.55. The molecule has 2 aliphatic rings. The van der Waals surface area contributed by atoms with Crippen molar-refractivity contribution in [1.29, 1.82) is 0 Å². The lowest BCUT2D eigenvalue weighted by Gasteiger charge is -2.33. The van der Waals surface area contributed by atoms with Gasteiger partial charge in [0, 0.05) is 32.3 Å². The molecule has 0 saturated carbocycles. The Morgan fingerprint density at radius 2 is 2.00 bits per heavy atom. The third kappa shape index (κ3) is 3.11. The van der Waals surface area contributed by atoms with Gasteiger partial charge in [-0.3, -0.25) is 19.9 Å². The number of aliphatic hydroxyl groups excluding tert-OH is 1. The summed E-state index contributed by atoms with van der Waals surface area (Å²) in [6, 6.07) is 2.01. The van der Waals surface area contributed by atoms with Crippen LogP contribution >= 0.6 is 0 Å². The van der Waals surface area contributed by atoms with E-state index in [1.54, 1.807) is 6.20 Å². The Labute approximate surface area is 129 Å². The van der Waals surface area contributed by atoms with Crippen molar-refractivity contribution in [3.8, 4) is 0 Å². The van der Waals surface area contributed by atoms with Gasteiger partial charge in [-0.2, -0.15) is 0 Å². The van der Waals surface area contributed by atoms with Crippen molar-refractivity contribution in [3.05, 3.63) is 24.0 Å². The molecule has 0 aliphatic carbocycles. The van der Waals surface area contributed by atoms with Gasteiger partial charge in [-0.05, 0) is 36.8 Å². The molecule has 1 unspecified atom stereocenters. The van der Waals surface area contributed by atoms with Crippen LogP contribution in [-0.4, -0.2) is 41.6 Å². The van der Waals surface area contributed by atoms with Crippen LogP contribution in [-0.2, 0) is 9.59 Å². The van der Waals surface area contributed by atoms with Crippen LogP contribution in [0.4, 0.5) is 5.69 Å². The summed E-state index contributed by atoms with van der Waals surface area (Å²) >= 11 is 0. The molecule has 1 aromatic heterocycles. The highest BCUT2D eigenvalue weighted by Gasteiger charge is 2.29. The van der Waals surface area contributed by atoms with Gasteiger partial charge in [0.15, 0.2) is 0 Å². The second-order valence-corrected chi connectivity index (χ2v) is 6.09. The van der Waals surface area contributed by atoms with Crippen molar-refractivity contribution in [2.75, 3.05) is 24.6 Å². The molecule has 0 radical (unpaired) electrons. The molecule has 3 rings (SSSR count). The van der Waals surface area contributed by atoms with Gasteiger partial charge in [-0.1, -0.05) is 0 Å². The molecule has 0 bridgehead atoms. The molecule has 6 heteroatoms. The van der Waals surface area contributed by atoms with Crippen LogP contribution in [0.3, 0.4) is 0 Å². The molecule has 1 atom stereocenters. The Balaban J connectivity index is 1.73. The summed E-state index contributed by atoms with van der Waals surface area (Å²) in [5.41, 5.74) is 1.88. The summed E-state index contributed by atoms with van der Waals surface area (Å²) in [6.07, 6.45) is 6.39. The minimum absolute atomic E-state index is 0.198. The van der Waals surface area contributed by atoms with Gasteiger partial charge < -0.3 is 10.0 Å². The topological polar surface area (TPSA) is 82.5 Å². The summed E-state index contributed by atoms with van der Waals surface area (Å²) in [7, 11) is 0. The van der Waals surface area contributed by atoms with Crippen molar-refractivity contribution in [1.82, 2.24) is 10.3 Å². The number of rotatable bonds is 3. The molecule has 118 valence electrons. The fourth-order valence-corrected chi connectivity index (χ4v) is 3.19. The number of hydrogen-bond acceptors (Lipinski definition) is 5. The summed E-state index contributed by atoms with van der Waals surface area (Å²) < 4.78 is 0. The molecule has 3 heterocycles. The van der Waals surface area contributed by atoms with Crippen LogP contribution < -0.4 is 10.2 Å². The van der Waals surface area contributed by atoms with Crippen LogP contribution in [0.5, 0.6) is 0 Å². The molecule has 2 aliphatic heterocycles. The van der Waals surface area contributed by atoms with E-state index in [4.69, 9.17) is 0 Å². The van der Waals surface area contributed by atoms with E-state index in [1.807, 2.05) is 12.3 Å². The Morgan fingerprint density at radius 1 is 1.23 bits per heavy atom. The van der Waals surface area contributed by atoms with Crippen LogP contribution in [0.25, 0.3) is 0 Å². The zero-order valence-electron chi connectivity index (χ0n) is 12.5. The molecular weight excluding hydrogens is 282 g/mol. The highest BCUT2D eigenvalue weighted by Crippen LogP contribution is 2.28. The highest BCUT2D eigenvalue weighted by molar-refractivity contribution is 6.00. The van der Waals surface area contributed by atoms with Crippen molar-refractivity contribution < 1.29 is 14.7 Å². The predicted molar refractivity (Wildman–Crippen MR) is 81.4 cm³/mol. The first-order chi connectivity index (χ1) is 10.7. The smallest absolute Gasteiger partial charge is 0.234 e. The molecule has 0 spiro atoms. The van der Waals surface area contributed by atoms with E-state index >= 15 is 0 Å². The highest BCUT2D eigenvalue weighted by atomic mass is 16.3. The van der Waals surface area contributed by atoms with Crippen molar-refractivity contribution in [2.24, 2.45) is 5.92 Å². The molecule has 2 amide bonds. The SMILES string of the molecule is O=C1CCC(c2cncc(N3CCC(CO)CC3)c2)C(=O)N1. The van der Waals surface area contributed by atoms with E-state index < -0.39 is 0 Å². The number of carbonyl (C=O) groups excluding carboxylic acids is 2. The second kappa shape index (κ2) is 6.44. The number of carbonyl (C=O) groups is 2. The minimum Gasteiger partial charge on any atom is -0.396 e. The number of imide groups is 1. The number of anilines is 1. The molecule has 0 aromatic carbocycles. The van der Waals surface area contributed by atoms with E-state index in [2.05, 4.69) is 15.2 Å². The van der Waals surface area contributed by atoms with Gasteiger partial charge in [0.1, 0.15) is 0 Å². The summed E-state index contributed by atoms with van der Waals surface area (Å²) in [6.45, 7) is 2.04. The van der Waals surface area contributed by atoms with Crippen LogP contribution in [0, 0.1) is 5.92 Å². The van der Waals surface area contributed by atoms with Gasteiger partial charge in [0.25, 0.3) is 0 Å². The number of nitrogens with zero attached hydrogens (tertiary/aromatic N) is 2. The van der Waals surface area contributed by atoms with E-state index in [0.717, 1.165) is 37.2 Å². The Hall–Kier alpha value is -1.95. The fraction of sp³-hybridized carbons (Fsp3) is 0.562. The van der Waals surface area contributed by atoms with Crippen molar-refractivity contribution in [3.63, 3.8) is 0 Å². The Morgan fingerprint density at radius 3 is 2.68 bits per heavy atom. The van der Waals surface area contributed by atoms with Crippen LogP contribution in [0.15, 0.2) is 18.5 Å². The normalized spacial score (nSPS) is 23.5. The van der Waals surface area contributed by atoms with Crippen molar-refractivity contribution >= 4 is 17.5 Å². The quantitative estimate of drug-likeness (QED) is 0.808. The molecule has 22 heavy (non-hydrogen) atoms. The van der Waals surface area contributed by atoms with E-state index in [0.29, 0.717) is 18.8 Å². The number of aliphatic hydroxyl groups is 1. The van der Waals surface area contributed by atoms with Gasteiger partial charge in [-0.25, -0.2) is 0 Å². The minimum atomic E-state index is -0.292. The maximum Gasteiger partial charge on any atom is 0.234 e. The zero-order valence-corrected chi connectivity index (χ0v) is 12.5. The molecule has 1 aromatic rings. The van der Waals surface area contributed by atoms with Crippen LogP contribution in [0.1, 0.15) is 37.2 Å². The second-order valence-electron chi connectivity index (χ2n) is 6.09. The standard InChI is InChI=1S/C16H21N3O3/c20-10-11-3-5-19(6-4-11)13-7-12(8-17-9-13)14-1-2-15(21)18-16(14)22/h7-9,11,14,20H,1-6,10H2,(H,18,21,22). The van der Waals surface area contributed by atoms with E-state index in [-0.39, 0.29) is 24.3 Å². The number of nitrogens with one attached hydrogen (secondary N) is 1. The first-order valence-electron chi connectivity index (χ1n) is 7.82. The third-order valence-electron chi connectivity index (χ3n) is 4.62. The fourth-order valence-electron chi connectivity index (χ4n) is 3.19. The molecular formula is C16H21N3O3. The summed E-state index contributed by atoms with van der Waals surface area (Å²) in [5, 5.41) is 11.6. The predicted octanol–water partition coefficient (Wildman–Crippen LogP) is 0.810. The largest absolute Gasteiger partial charge is 0.396 e. The van der Waals surface area contributed by atoms with Crippen LogP contribution in [0.2, 0.25) is 0 Å². The van der Waals surface area contributed by atoms with Crippen molar-refractivity contribution in [2.45, 2.75) is 31.6 Å². The first kappa shape index (κ1) is 15.0. The Kier molecular flexibility index (Phi) is 4.38. The number of aromatic nitrogens is 1. The molecule has 2 fully saturated rings. The number of piperidine rings is 2. The summed E-state index contributed by atoms with van der Waals surface area (Å²) in [4.78, 5) is 29.7. The van der Waals surface area contributed by atoms with Gasteiger partial charge >= 0.3 is 0 Å². The van der Waals surface area contributed by atoms with Gasteiger partial charge in [0.2, 0.25) is 11.8 Å². The monoisotopic (exact) mass is 303 g/mol. The number of hydrogen-bond donors (Lipinski definition) is 2. The van der Waals surface area contributed by atoms with E-state index in [1.165, 1.54) is 0 Å². The van der Waals surface area contributed by atoms with Gasteiger partial charge in [-0.15, -0.1) is 0 Å². The number of amides is 2. The summed E-state index contributed by atoms with van der Waals surface area (Å²) in [5.74, 6) is -0.326. The van der Waals surface area contributed by atoms with Gasteiger partial charge in [0.05, 0.1) is 17.8 Å². The molecule has 6 nitrogen and oxygen atoms in total. The lowest BCUT2D eigenvalue weighted by Crippen LogP contribution is -2.39. The number of pyridine rings is 1. The first-order valence-corrected chi connectivity index (χ1v) is 7.82. The third-order valence-corrected chi connectivity index (χ3v) is 4.62. The molecule has 2 N–H and O–H groups in total. The zero-order chi connectivity index (χ0) is 15.5. The maximum atomic E-state index is 12.0. The lowest BCUT2D eigenvalue weighted by molar-refractivity contribution is -0.134.